The van der Waals surface area contributed by atoms with Crippen LogP contribution in [0.5, 0.6) is 0 Å². The first-order valence-electron chi connectivity index (χ1n) is 7.97. The van der Waals surface area contributed by atoms with Gasteiger partial charge in [-0.25, -0.2) is 0 Å². The molecule has 0 spiro atoms. The van der Waals surface area contributed by atoms with Crippen molar-refractivity contribution in [2.45, 2.75) is 20.4 Å². The van der Waals surface area contributed by atoms with E-state index in [2.05, 4.69) is 68.8 Å². The van der Waals surface area contributed by atoms with Crippen molar-refractivity contribution in [3.05, 3.63) is 47.8 Å². The van der Waals surface area contributed by atoms with Crippen molar-refractivity contribution in [1.29, 1.82) is 0 Å². The molecule has 0 saturated carbocycles. The number of aromatic amines is 1. The number of hydrogen-bond donors (Lipinski definition) is 3. The van der Waals surface area contributed by atoms with Crippen molar-refractivity contribution in [3.8, 4) is 0 Å². The van der Waals surface area contributed by atoms with E-state index in [0.29, 0.717) is 6.54 Å². The molecule has 6 nitrogen and oxygen atoms in total. The number of aromatic nitrogens is 2. The summed E-state index contributed by atoms with van der Waals surface area (Å²) >= 11 is 0. The SMILES string of the molecule is CCN(CCNC(=NC)NCc1ccn[nH]1)c1cccc(C)c1. The summed E-state index contributed by atoms with van der Waals surface area (Å²) in [5.41, 5.74) is 3.57. The van der Waals surface area contributed by atoms with Crippen molar-refractivity contribution in [3.63, 3.8) is 0 Å². The molecular weight excluding hydrogens is 288 g/mol. The van der Waals surface area contributed by atoms with Crippen LogP contribution in [0.1, 0.15) is 18.2 Å². The average Bonchev–Trinajstić information content (AvgIpc) is 3.08. The van der Waals surface area contributed by atoms with E-state index in [0.717, 1.165) is 31.3 Å². The molecule has 0 aliphatic heterocycles. The molecule has 0 amide bonds. The highest BCUT2D eigenvalue weighted by Gasteiger charge is 2.05. The van der Waals surface area contributed by atoms with E-state index in [1.165, 1.54) is 11.3 Å². The maximum Gasteiger partial charge on any atom is 0.191 e. The Morgan fingerprint density at radius 1 is 1.30 bits per heavy atom. The van der Waals surface area contributed by atoms with Gasteiger partial charge in [-0.3, -0.25) is 10.1 Å². The van der Waals surface area contributed by atoms with Crippen molar-refractivity contribution >= 4 is 11.6 Å². The molecule has 3 N–H and O–H groups in total. The van der Waals surface area contributed by atoms with Gasteiger partial charge in [-0.2, -0.15) is 5.10 Å². The summed E-state index contributed by atoms with van der Waals surface area (Å²) in [5, 5.41) is 13.5. The van der Waals surface area contributed by atoms with Crippen molar-refractivity contribution in [2.24, 2.45) is 4.99 Å². The summed E-state index contributed by atoms with van der Waals surface area (Å²) in [6.45, 7) is 7.69. The lowest BCUT2D eigenvalue weighted by Crippen LogP contribution is -2.41. The van der Waals surface area contributed by atoms with Crippen LogP contribution in [0.3, 0.4) is 0 Å². The van der Waals surface area contributed by atoms with Crippen LogP contribution in [0.25, 0.3) is 0 Å². The van der Waals surface area contributed by atoms with Crippen LogP contribution in [0.2, 0.25) is 0 Å². The minimum Gasteiger partial charge on any atom is -0.370 e. The van der Waals surface area contributed by atoms with E-state index in [1.807, 2.05) is 6.07 Å². The van der Waals surface area contributed by atoms with Crippen LogP contribution in [-0.4, -0.2) is 42.8 Å². The predicted molar refractivity (Wildman–Crippen MR) is 95.9 cm³/mol. The second-order valence-electron chi connectivity index (χ2n) is 5.35. The lowest BCUT2D eigenvalue weighted by Gasteiger charge is -2.24. The number of rotatable bonds is 7. The number of aliphatic imine (C=N–C) groups is 1. The Labute approximate surface area is 138 Å². The molecule has 0 saturated heterocycles. The largest absolute Gasteiger partial charge is 0.370 e. The van der Waals surface area contributed by atoms with Crippen LogP contribution in [0.4, 0.5) is 5.69 Å². The summed E-state index contributed by atoms with van der Waals surface area (Å²) in [7, 11) is 1.78. The number of hydrogen-bond acceptors (Lipinski definition) is 3. The zero-order valence-corrected chi connectivity index (χ0v) is 14.1. The molecule has 6 heteroatoms. The first kappa shape index (κ1) is 16.9. The van der Waals surface area contributed by atoms with Crippen LogP contribution in [0.15, 0.2) is 41.5 Å². The Morgan fingerprint density at radius 3 is 2.83 bits per heavy atom. The maximum atomic E-state index is 4.24. The molecule has 0 radical (unpaired) electrons. The third kappa shape index (κ3) is 5.32. The quantitative estimate of drug-likeness (QED) is 0.539. The van der Waals surface area contributed by atoms with E-state index in [1.54, 1.807) is 13.2 Å². The van der Waals surface area contributed by atoms with Crippen LogP contribution < -0.4 is 15.5 Å². The van der Waals surface area contributed by atoms with E-state index in [9.17, 15) is 0 Å². The van der Waals surface area contributed by atoms with E-state index >= 15 is 0 Å². The monoisotopic (exact) mass is 314 g/mol. The predicted octanol–water partition coefficient (Wildman–Crippen LogP) is 1.91. The molecular formula is C17H26N6. The molecule has 124 valence electrons. The Bertz CT molecular complexity index is 605. The highest BCUT2D eigenvalue weighted by Crippen LogP contribution is 2.14. The zero-order chi connectivity index (χ0) is 16.5. The molecule has 2 rings (SSSR count). The van der Waals surface area contributed by atoms with Gasteiger partial charge in [0.05, 0.1) is 12.2 Å². The van der Waals surface area contributed by atoms with Gasteiger partial charge in [-0.05, 0) is 37.6 Å². The number of H-pyrrole nitrogens is 1. The number of aryl methyl sites for hydroxylation is 1. The molecule has 0 bridgehead atoms. The second kappa shape index (κ2) is 8.82. The minimum absolute atomic E-state index is 0.676. The standard InChI is InChI=1S/C17H26N6/c1-4-23(16-7-5-6-14(2)12-16)11-10-19-17(18-3)20-13-15-8-9-21-22-15/h5-9,12H,4,10-11,13H2,1-3H3,(H,21,22)(H2,18,19,20). The van der Waals surface area contributed by atoms with Gasteiger partial charge in [0.1, 0.15) is 0 Å². The van der Waals surface area contributed by atoms with Gasteiger partial charge in [0.2, 0.25) is 0 Å². The van der Waals surface area contributed by atoms with E-state index < -0.39 is 0 Å². The molecule has 1 aromatic heterocycles. The van der Waals surface area contributed by atoms with Gasteiger partial charge < -0.3 is 15.5 Å². The average molecular weight is 314 g/mol. The van der Waals surface area contributed by atoms with Crippen LogP contribution >= 0.6 is 0 Å². The van der Waals surface area contributed by atoms with Crippen LogP contribution in [-0.2, 0) is 6.54 Å². The molecule has 0 atom stereocenters. The fourth-order valence-electron chi connectivity index (χ4n) is 2.39. The molecule has 1 aromatic carbocycles. The molecule has 2 aromatic rings. The number of nitrogens with zero attached hydrogens (tertiary/aromatic N) is 3. The van der Waals surface area contributed by atoms with Gasteiger partial charge >= 0.3 is 0 Å². The highest BCUT2D eigenvalue weighted by molar-refractivity contribution is 5.79. The Balaban J connectivity index is 1.79. The first-order chi connectivity index (χ1) is 11.2. The normalized spacial score (nSPS) is 11.3. The summed E-state index contributed by atoms with van der Waals surface area (Å²) in [6.07, 6.45) is 1.74. The molecule has 1 heterocycles. The summed E-state index contributed by atoms with van der Waals surface area (Å²) in [6, 6.07) is 10.5. The second-order valence-corrected chi connectivity index (χ2v) is 5.35. The molecule has 0 unspecified atom stereocenters. The molecule has 0 aliphatic carbocycles. The van der Waals surface area contributed by atoms with Gasteiger partial charge in [0.15, 0.2) is 5.96 Å². The molecule has 23 heavy (non-hydrogen) atoms. The highest BCUT2D eigenvalue weighted by atomic mass is 15.2. The van der Waals surface area contributed by atoms with E-state index in [4.69, 9.17) is 0 Å². The van der Waals surface area contributed by atoms with Gasteiger partial charge in [0.25, 0.3) is 0 Å². The van der Waals surface area contributed by atoms with Gasteiger partial charge in [-0.1, -0.05) is 12.1 Å². The number of likely N-dealkylation sites (N-methyl/N-ethyl adjacent to an activating group) is 1. The van der Waals surface area contributed by atoms with Gasteiger partial charge in [-0.15, -0.1) is 0 Å². The first-order valence-corrected chi connectivity index (χ1v) is 7.97. The van der Waals surface area contributed by atoms with Crippen molar-refractivity contribution < 1.29 is 0 Å². The van der Waals surface area contributed by atoms with Crippen molar-refractivity contribution in [2.75, 3.05) is 31.6 Å². The summed E-state index contributed by atoms with van der Waals surface area (Å²) in [5.74, 6) is 0.792. The fourth-order valence-corrected chi connectivity index (χ4v) is 2.39. The smallest absolute Gasteiger partial charge is 0.191 e. The molecule has 0 aliphatic rings. The number of benzene rings is 1. The summed E-state index contributed by atoms with van der Waals surface area (Å²) in [4.78, 5) is 6.59. The number of guanidine groups is 1. The minimum atomic E-state index is 0.676. The maximum absolute atomic E-state index is 4.24. The fraction of sp³-hybridized carbons (Fsp3) is 0.412. The van der Waals surface area contributed by atoms with Gasteiger partial charge in [0, 0.05) is 38.6 Å². The van der Waals surface area contributed by atoms with E-state index in [-0.39, 0.29) is 0 Å². The Morgan fingerprint density at radius 2 is 2.17 bits per heavy atom. The van der Waals surface area contributed by atoms with Crippen molar-refractivity contribution in [1.82, 2.24) is 20.8 Å². The third-order valence-electron chi connectivity index (χ3n) is 3.65. The lowest BCUT2D eigenvalue weighted by atomic mass is 10.2. The zero-order valence-electron chi connectivity index (χ0n) is 14.1. The third-order valence-corrected chi connectivity index (χ3v) is 3.65. The summed E-state index contributed by atoms with van der Waals surface area (Å²) < 4.78 is 0. The number of nitrogens with one attached hydrogen (secondary N) is 3. The topological polar surface area (TPSA) is 68.3 Å². The Kier molecular flexibility index (Phi) is 6.47. The molecule has 0 fully saturated rings. The lowest BCUT2D eigenvalue weighted by molar-refractivity contribution is 0.744. The Hall–Kier alpha value is -2.50. The number of anilines is 1. The van der Waals surface area contributed by atoms with Crippen LogP contribution in [0, 0.1) is 6.92 Å².